The maximum atomic E-state index is 13.3. The topological polar surface area (TPSA) is 68.0 Å². The Balaban J connectivity index is 2.21. The van der Waals surface area contributed by atoms with Gasteiger partial charge in [-0.25, -0.2) is 13.9 Å². The predicted molar refractivity (Wildman–Crippen MR) is 71.6 cm³/mol. The summed E-state index contributed by atoms with van der Waals surface area (Å²) in [6.07, 6.45) is 0. The minimum absolute atomic E-state index is 0.322. The average Bonchev–Trinajstić information content (AvgIpc) is 3.07. The van der Waals surface area contributed by atoms with Crippen molar-refractivity contribution in [1.29, 1.82) is 0 Å². The van der Waals surface area contributed by atoms with Gasteiger partial charge in [0.05, 0.1) is 10.6 Å². The molecule has 0 spiro atoms. The van der Waals surface area contributed by atoms with Gasteiger partial charge in [-0.3, -0.25) is 0 Å². The number of carboxylic acid groups (broad SMARTS) is 1. The highest BCUT2D eigenvalue weighted by molar-refractivity contribution is 7.13. The molecule has 0 aliphatic carbocycles. The van der Waals surface area contributed by atoms with E-state index in [9.17, 15) is 9.18 Å². The molecule has 1 N–H and O–H groups in total. The monoisotopic (exact) mass is 289 g/mol. The fourth-order valence-electron chi connectivity index (χ4n) is 1.76. The first-order valence-electron chi connectivity index (χ1n) is 5.65. The molecule has 20 heavy (non-hydrogen) atoms. The van der Waals surface area contributed by atoms with Gasteiger partial charge in [0.15, 0.2) is 5.82 Å². The molecule has 0 atom stereocenters. The Bertz CT molecular complexity index is 768. The second-order valence-corrected chi connectivity index (χ2v) is 4.88. The first-order valence-corrected chi connectivity index (χ1v) is 6.53. The molecule has 1 aromatic carbocycles. The lowest BCUT2D eigenvalue weighted by atomic mass is 10.3. The van der Waals surface area contributed by atoms with Gasteiger partial charge in [-0.15, -0.1) is 16.4 Å². The standard InChI is InChI=1S/C13H8FN3O2S/c14-8-3-1-4-9(7-8)17-12(10-5-2-6-20-10)15-11(16-17)13(18)19/h1-7H,(H,18,19). The van der Waals surface area contributed by atoms with E-state index in [4.69, 9.17) is 5.11 Å². The summed E-state index contributed by atoms with van der Waals surface area (Å²) in [5.74, 6) is -1.59. The van der Waals surface area contributed by atoms with E-state index in [-0.39, 0.29) is 5.82 Å². The first kappa shape index (κ1) is 12.5. The van der Waals surface area contributed by atoms with Crippen molar-refractivity contribution in [2.24, 2.45) is 0 Å². The summed E-state index contributed by atoms with van der Waals surface area (Å²) in [4.78, 5) is 15.8. The fraction of sp³-hybridized carbons (Fsp3) is 0. The highest BCUT2D eigenvalue weighted by Crippen LogP contribution is 2.25. The normalized spacial score (nSPS) is 10.7. The van der Waals surface area contributed by atoms with Crippen LogP contribution in [0.2, 0.25) is 0 Å². The lowest BCUT2D eigenvalue weighted by Crippen LogP contribution is -2.02. The summed E-state index contributed by atoms with van der Waals surface area (Å²) in [6, 6.07) is 9.38. The number of hydrogen-bond donors (Lipinski definition) is 1. The second kappa shape index (κ2) is 4.86. The van der Waals surface area contributed by atoms with Gasteiger partial charge in [-0.1, -0.05) is 12.1 Å². The van der Waals surface area contributed by atoms with Crippen molar-refractivity contribution in [3.63, 3.8) is 0 Å². The molecular weight excluding hydrogens is 281 g/mol. The van der Waals surface area contributed by atoms with Crippen LogP contribution < -0.4 is 0 Å². The van der Waals surface area contributed by atoms with E-state index in [1.54, 1.807) is 12.1 Å². The van der Waals surface area contributed by atoms with E-state index in [0.717, 1.165) is 4.88 Å². The van der Waals surface area contributed by atoms with Gasteiger partial charge < -0.3 is 5.11 Å². The summed E-state index contributed by atoms with van der Waals surface area (Å²) < 4.78 is 14.6. The summed E-state index contributed by atoms with van der Waals surface area (Å²) in [5, 5.41) is 14.8. The van der Waals surface area contributed by atoms with E-state index in [2.05, 4.69) is 10.1 Å². The lowest BCUT2D eigenvalue weighted by Gasteiger charge is -2.04. The number of aromatic nitrogens is 3. The van der Waals surface area contributed by atoms with Crippen LogP contribution in [0.4, 0.5) is 4.39 Å². The Labute approximate surface area is 116 Å². The van der Waals surface area contributed by atoms with E-state index >= 15 is 0 Å². The third-order valence-electron chi connectivity index (χ3n) is 2.59. The number of benzene rings is 1. The smallest absolute Gasteiger partial charge is 0.375 e. The predicted octanol–water partition coefficient (Wildman–Crippen LogP) is 2.83. The summed E-state index contributed by atoms with van der Waals surface area (Å²) >= 11 is 1.40. The number of hydrogen-bond acceptors (Lipinski definition) is 4. The first-order chi connectivity index (χ1) is 9.65. The van der Waals surface area contributed by atoms with Gasteiger partial charge in [0.2, 0.25) is 0 Å². The average molecular weight is 289 g/mol. The third-order valence-corrected chi connectivity index (χ3v) is 3.46. The SMILES string of the molecule is O=C(O)c1nc(-c2cccs2)n(-c2cccc(F)c2)n1. The van der Waals surface area contributed by atoms with Crippen molar-refractivity contribution < 1.29 is 14.3 Å². The number of rotatable bonds is 3. The van der Waals surface area contributed by atoms with E-state index < -0.39 is 11.8 Å². The Morgan fingerprint density at radius 1 is 1.30 bits per heavy atom. The zero-order chi connectivity index (χ0) is 14.1. The second-order valence-electron chi connectivity index (χ2n) is 3.93. The van der Waals surface area contributed by atoms with Crippen molar-refractivity contribution in [3.8, 4) is 16.4 Å². The molecule has 2 aromatic heterocycles. The van der Waals surface area contributed by atoms with Crippen LogP contribution in [-0.2, 0) is 0 Å². The zero-order valence-corrected chi connectivity index (χ0v) is 10.8. The summed E-state index contributed by atoms with van der Waals surface area (Å²) in [6.45, 7) is 0. The van der Waals surface area contributed by atoms with E-state index in [1.807, 2.05) is 11.4 Å². The minimum Gasteiger partial charge on any atom is -0.475 e. The largest absolute Gasteiger partial charge is 0.475 e. The van der Waals surface area contributed by atoms with Crippen LogP contribution in [-0.4, -0.2) is 25.8 Å². The molecule has 0 bridgehead atoms. The van der Waals surface area contributed by atoms with Crippen molar-refractivity contribution >= 4 is 17.3 Å². The molecule has 0 aliphatic rings. The van der Waals surface area contributed by atoms with E-state index in [1.165, 1.54) is 34.2 Å². The highest BCUT2D eigenvalue weighted by atomic mass is 32.1. The van der Waals surface area contributed by atoms with Gasteiger partial charge in [0, 0.05) is 0 Å². The van der Waals surface area contributed by atoms with Crippen LogP contribution in [0.5, 0.6) is 0 Å². The molecular formula is C13H8FN3O2S. The Morgan fingerprint density at radius 2 is 2.15 bits per heavy atom. The summed E-state index contributed by atoms with van der Waals surface area (Å²) in [5.41, 5.74) is 0.424. The molecule has 0 unspecified atom stereocenters. The molecule has 2 heterocycles. The Hall–Kier alpha value is -2.54. The Kier molecular flexibility index (Phi) is 3.03. The number of carbonyl (C=O) groups is 1. The molecule has 0 fully saturated rings. The maximum absolute atomic E-state index is 13.3. The van der Waals surface area contributed by atoms with Gasteiger partial charge in [0.1, 0.15) is 5.82 Å². The number of halogens is 1. The fourth-order valence-corrected chi connectivity index (χ4v) is 2.45. The minimum atomic E-state index is -1.22. The van der Waals surface area contributed by atoms with Gasteiger partial charge in [-0.05, 0) is 29.6 Å². The molecule has 0 saturated heterocycles. The van der Waals surface area contributed by atoms with Crippen molar-refractivity contribution in [2.45, 2.75) is 0 Å². The van der Waals surface area contributed by atoms with Crippen LogP contribution in [0.25, 0.3) is 16.4 Å². The molecule has 3 rings (SSSR count). The van der Waals surface area contributed by atoms with Gasteiger partial charge in [-0.2, -0.15) is 4.98 Å². The molecule has 3 aromatic rings. The van der Waals surface area contributed by atoms with Crippen molar-refractivity contribution in [3.05, 3.63) is 53.4 Å². The molecule has 0 saturated carbocycles. The van der Waals surface area contributed by atoms with Crippen molar-refractivity contribution in [1.82, 2.24) is 14.8 Å². The zero-order valence-electron chi connectivity index (χ0n) is 10.0. The Morgan fingerprint density at radius 3 is 2.80 bits per heavy atom. The van der Waals surface area contributed by atoms with Crippen molar-refractivity contribution in [2.75, 3.05) is 0 Å². The highest BCUT2D eigenvalue weighted by Gasteiger charge is 2.18. The molecule has 7 heteroatoms. The van der Waals surface area contributed by atoms with E-state index in [0.29, 0.717) is 11.5 Å². The van der Waals surface area contributed by atoms with Gasteiger partial charge >= 0.3 is 5.97 Å². The number of carboxylic acids is 1. The van der Waals surface area contributed by atoms with Crippen LogP contribution >= 0.6 is 11.3 Å². The molecule has 0 aliphatic heterocycles. The lowest BCUT2D eigenvalue weighted by molar-refractivity contribution is 0.0683. The molecule has 5 nitrogen and oxygen atoms in total. The van der Waals surface area contributed by atoms with Gasteiger partial charge in [0.25, 0.3) is 5.82 Å². The molecule has 0 amide bonds. The number of aromatic carboxylic acids is 1. The maximum Gasteiger partial charge on any atom is 0.375 e. The third kappa shape index (κ3) is 2.19. The number of nitrogens with zero attached hydrogens (tertiary/aromatic N) is 3. The molecule has 0 radical (unpaired) electrons. The number of thiophene rings is 1. The van der Waals surface area contributed by atoms with Crippen LogP contribution in [0, 0.1) is 5.82 Å². The van der Waals surface area contributed by atoms with Crippen LogP contribution in [0.1, 0.15) is 10.6 Å². The quantitative estimate of drug-likeness (QED) is 0.805. The van der Waals surface area contributed by atoms with Crippen LogP contribution in [0.15, 0.2) is 41.8 Å². The summed E-state index contributed by atoms with van der Waals surface area (Å²) in [7, 11) is 0. The van der Waals surface area contributed by atoms with Crippen LogP contribution in [0.3, 0.4) is 0 Å². The molecule has 100 valence electrons.